The molecule has 0 bridgehead atoms. The zero-order chi connectivity index (χ0) is 18.9. The van der Waals surface area contributed by atoms with Crippen LogP contribution < -0.4 is 14.8 Å². The van der Waals surface area contributed by atoms with Gasteiger partial charge in [0.2, 0.25) is 5.91 Å². The zero-order valence-corrected chi connectivity index (χ0v) is 14.9. The molecular weight excluding hydrogens is 340 g/mol. The first-order chi connectivity index (χ1) is 12.5. The highest BCUT2D eigenvalue weighted by molar-refractivity contribution is 5.76. The zero-order valence-electron chi connectivity index (χ0n) is 14.9. The van der Waals surface area contributed by atoms with Crippen molar-refractivity contribution in [2.24, 2.45) is 0 Å². The fraction of sp³-hybridized carbons (Fsp3) is 0.350. The molecule has 0 saturated carbocycles. The maximum Gasteiger partial charge on any atom is 0.387 e. The number of hydrogen-bond acceptors (Lipinski definition) is 3. The molecule has 0 aromatic heterocycles. The van der Waals surface area contributed by atoms with E-state index in [0.29, 0.717) is 19.4 Å². The van der Waals surface area contributed by atoms with E-state index in [9.17, 15) is 13.6 Å². The Morgan fingerprint density at radius 3 is 2.23 bits per heavy atom. The first-order valence-corrected chi connectivity index (χ1v) is 8.53. The fourth-order valence-corrected chi connectivity index (χ4v) is 2.51. The van der Waals surface area contributed by atoms with Crippen molar-refractivity contribution in [2.45, 2.75) is 39.3 Å². The van der Waals surface area contributed by atoms with Crippen LogP contribution in [0.5, 0.6) is 11.5 Å². The van der Waals surface area contributed by atoms with Crippen LogP contribution in [0.25, 0.3) is 0 Å². The lowest BCUT2D eigenvalue weighted by Gasteiger charge is -2.15. The first kappa shape index (κ1) is 19.7. The van der Waals surface area contributed by atoms with Crippen LogP contribution in [0.15, 0.2) is 48.5 Å². The Morgan fingerprint density at radius 2 is 1.65 bits per heavy atom. The molecule has 2 aromatic rings. The topological polar surface area (TPSA) is 47.6 Å². The summed E-state index contributed by atoms with van der Waals surface area (Å²) in [6, 6.07) is 13.7. The Hall–Kier alpha value is -2.63. The summed E-state index contributed by atoms with van der Waals surface area (Å²) in [4.78, 5) is 12.1. The van der Waals surface area contributed by atoms with Crippen LogP contribution in [0, 0.1) is 0 Å². The Kier molecular flexibility index (Phi) is 7.38. The number of amides is 1. The molecule has 0 spiro atoms. The summed E-state index contributed by atoms with van der Waals surface area (Å²) >= 11 is 0. The van der Waals surface area contributed by atoms with Gasteiger partial charge in [-0.2, -0.15) is 8.78 Å². The third kappa shape index (κ3) is 6.35. The average Bonchev–Trinajstić information content (AvgIpc) is 2.61. The standard InChI is InChI=1S/C20H23F2NO3/c1-3-25-17-9-4-15(5-10-17)6-13-19(24)23-14(2)16-7-11-18(12-8-16)26-20(21)22/h4-5,7-12,14,20H,3,6,13H2,1-2H3,(H,23,24). The predicted molar refractivity (Wildman–Crippen MR) is 95.6 cm³/mol. The SMILES string of the molecule is CCOc1ccc(CCC(=O)NC(C)c2ccc(OC(F)F)cc2)cc1. The van der Waals surface area contributed by atoms with Crippen molar-refractivity contribution >= 4 is 5.91 Å². The maximum absolute atomic E-state index is 12.2. The van der Waals surface area contributed by atoms with E-state index in [0.717, 1.165) is 16.9 Å². The van der Waals surface area contributed by atoms with Gasteiger partial charge in [-0.1, -0.05) is 24.3 Å². The largest absolute Gasteiger partial charge is 0.494 e. The van der Waals surface area contributed by atoms with Gasteiger partial charge in [-0.3, -0.25) is 4.79 Å². The molecule has 1 unspecified atom stereocenters. The van der Waals surface area contributed by atoms with Gasteiger partial charge in [-0.05, 0) is 55.7 Å². The van der Waals surface area contributed by atoms with Crippen molar-refractivity contribution in [1.29, 1.82) is 0 Å². The van der Waals surface area contributed by atoms with Gasteiger partial charge in [0.1, 0.15) is 11.5 Å². The first-order valence-electron chi connectivity index (χ1n) is 8.53. The van der Waals surface area contributed by atoms with Crippen molar-refractivity contribution < 1.29 is 23.0 Å². The second-order valence-corrected chi connectivity index (χ2v) is 5.81. The van der Waals surface area contributed by atoms with E-state index in [1.165, 1.54) is 12.1 Å². The molecule has 1 N–H and O–H groups in total. The number of carbonyl (C=O) groups is 1. The third-order valence-electron chi connectivity index (χ3n) is 3.86. The molecule has 6 heteroatoms. The van der Waals surface area contributed by atoms with Crippen LogP contribution in [0.2, 0.25) is 0 Å². The van der Waals surface area contributed by atoms with Gasteiger partial charge in [0.05, 0.1) is 12.6 Å². The molecule has 0 aliphatic carbocycles. The Bertz CT molecular complexity index is 687. The van der Waals surface area contributed by atoms with Gasteiger partial charge in [-0.25, -0.2) is 0 Å². The molecule has 2 rings (SSSR count). The smallest absolute Gasteiger partial charge is 0.387 e. The van der Waals surface area contributed by atoms with E-state index in [1.54, 1.807) is 12.1 Å². The lowest BCUT2D eigenvalue weighted by molar-refractivity contribution is -0.121. The quantitative estimate of drug-likeness (QED) is 0.714. The summed E-state index contributed by atoms with van der Waals surface area (Å²) in [6.45, 7) is 1.55. The predicted octanol–water partition coefficient (Wildman–Crippen LogP) is 4.50. The average molecular weight is 363 g/mol. The van der Waals surface area contributed by atoms with E-state index in [1.807, 2.05) is 38.1 Å². The minimum Gasteiger partial charge on any atom is -0.494 e. The van der Waals surface area contributed by atoms with Gasteiger partial charge in [0.15, 0.2) is 0 Å². The number of halogens is 2. The minimum atomic E-state index is -2.85. The summed E-state index contributed by atoms with van der Waals surface area (Å²) < 4.78 is 34.0. The third-order valence-corrected chi connectivity index (χ3v) is 3.86. The van der Waals surface area contributed by atoms with Gasteiger partial charge in [-0.15, -0.1) is 0 Å². The summed E-state index contributed by atoms with van der Waals surface area (Å²) in [5, 5.41) is 2.91. The molecule has 26 heavy (non-hydrogen) atoms. The van der Waals surface area contributed by atoms with Crippen molar-refractivity contribution in [1.82, 2.24) is 5.32 Å². The van der Waals surface area contributed by atoms with Crippen molar-refractivity contribution in [3.05, 3.63) is 59.7 Å². The summed E-state index contributed by atoms with van der Waals surface area (Å²) in [5.74, 6) is 0.839. The fourth-order valence-electron chi connectivity index (χ4n) is 2.51. The molecule has 0 saturated heterocycles. The van der Waals surface area contributed by atoms with Gasteiger partial charge < -0.3 is 14.8 Å². The second kappa shape index (κ2) is 9.75. The summed E-state index contributed by atoms with van der Waals surface area (Å²) in [7, 11) is 0. The monoisotopic (exact) mass is 363 g/mol. The van der Waals surface area contributed by atoms with E-state index < -0.39 is 6.61 Å². The number of aryl methyl sites for hydroxylation is 1. The molecule has 0 fully saturated rings. The number of hydrogen-bond donors (Lipinski definition) is 1. The van der Waals surface area contributed by atoms with Gasteiger partial charge in [0.25, 0.3) is 0 Å². The molecule has 4 nitrogen and oxygen atoms in total. The number of nitrogens with one attached hydrogen (secondary N) is 1. The Labute approximate surface area is 152 Å². The van der Waals surface area contributed by atoms with Crippen LogP contribution in [0.1, 0.15) is 37.4 Å². The van der Waals surface area contributed by atoms with E-state index in [4.69, 9.17) is 4.74 Å². The number of carbonyl (C=O) groups excluding carboxylic acids is 1. The lowest BCUT2D eigenvalue weighted by Crippen LogP contribution is -2.26. The van der Waals surface area contributed by atoms with E-state index in [-0.39, 0.29) is 17.7 Å². The molecule has 1 atom stereocenters. The molecule has 2 aromatic carbocycles. The van der Waals surface area contributed by atoms with Crippen LogP contribution >= 0.6 is 0 Å². The highest BCUT2D eigenvalue weighted by atomic mass is 19.3. The lowest BCUT2D eigenvalue weighted by atomic mass is 10.1. The van der Waals surface area contributed by atoms with Crippen LogP contribution in [-0.2, 0) is 11.2 Å². The number of alkyl halides is 2. The maximum atomic E-state index is 12.2. The molecular formula is C20H23F2NO3. The van der Waals surface area contributed by atoms with Crippen molar-refractivity contribution in [3.63, 3.8) is 0 Å². The molecule has 0 heterocycles. The number of benzene rings is 2. The van der Waals surface area contributed by atoms with Crippen molar-refractivity contribution in [2.75, 3.05) is 6.61 Å². The van der Waals surface area contributed by atoms with Crippen LogP contribution in [0.4, 0.5) is 8.78 Å². The highest BCUT2D eigenvalue weighted by Gasteiger charge is 2.11. The Balaban J connectivity index is 1.81. The number of rotatable bonds is 9. The summed E-state index contributed by atoms with van der Waals surface area (Å²) in [6.07, 6.45) is 0.997. The molecule has 1 amide bonds. The van der Waals surface area contributed by atoms with Gasteiger partial charge in [0, 0.05) is 6.42 Å². The normalized spacial score (nSPS) is 11.9. The Morgan fingerprint density at radius 1 is 1.04 bits per heavy atom. The van der Waals surface area contributed by atoms with E-state index in [2.05, 4.69) is 10.1 Å². The summed E-state index contributed by atoms with van der Waals surface area (Å²) in [5.41, 5.74) is 1.88. The molecule has 0 aliphatic heterocycles. The van der Waals surface area contributed by atoms with Crippen LogP contribution in [-0.4, -0.2) is 19.1 Å². The van der Waals surface area contributed by atoms with E-state index >= 15 is 0 Å². The molecule has 140 valence electrons. The van der Waals surface area contributed by atoms with Crippen molar-refractivity contribution in [3.8, 4) is 11.5 Å². The second-order valence-electron chi connectivity index (χ2n) is 5.81. The van der Waals surface area contributed by atoms with Crippen LogP contribution in [0.3, 0.4) is 0 Å². The van der Waals surface area contributed by atoms with Gasteiger partial charge >= 0.3 is 6.61 Å². The molecule has 0 aliphatic rings. The number of ether oxygens (including phenoxy) is 2. The highest BCUT2D eigenvalue weighted by Crippen LogP contribution is 2.19. The molecule has 0 radical (unpaired) electrons. The minimum absolute atomic E-state index is 0.0701.